The number of allylic oxidation sites excluding steroid dienone is 1. The van der Waals surface area contributed by atoms with Crippen LogP contribution in [0.3, 0.4) is 0 Å². The summed E-state index contributed by atoms with van der Waals surface area (Å²) in [5, 5.41) is 0.900. The summed E-state index contributed by atoms with van der Waals surface area (Å²) in [6.45, 7) is 1.57. The van der Waals surface area contributed by atoms with Gasteiger partial charge in [-0.15, -0.1) is 11.3 Å². The number of aromatic nitrogens is 1. The van der Waals surface area contributed by atoms with Crippen molar-refractivity contribution in [1.82, 2.24) is 4.98 Å². The minimum absolute atomic E-state index is 0.0699. The Morgan fingerprint density at radius 3 is 2.16 bits per heavy atom. The minimum atomic E-state index is -5.18. The predicted molar refractivity (Wildman–Crippen MR) is 129 cm³/mol. The lowest BCUT2D eigenvalue weighted by Gasteiger charge is -2.20. The predicted octanol–water partition coefficient (Wildman–Crippen LogP) is 8.61. The highest BCUT2D eigenvalue weighted by Gasteiger charge is 2.41. The van der Waals surface area contributed by atoms with E-state index in [9.17, 15) is 35.5 Å². The Morgan fingerprint density at radius 2 is 1.68 bits per heavy atom. The first-order valence-corrected chi connectivity index (χ1v) is 11.8. The second kappa shape index (κ2) is 10.8. The molecule has 1 heterocycles. The number of hydrogen-bond acceptors (Lipinski definition) is 4. The first kappa shape index (κ1) is 29.2. The highest BCUT2D eigenvalue weighted by atomic mass is 35.5. The summed E-state index contributed by atoms with van der Waals surface area (Å²) in [4.78, 5) is 16.6. The summed E-state index contributed by atoms with van der Waals surface area (Å²) in [7, 11) is 0. The number of aryl methyl sites for hydroxylation is 1. The number of halogens is 10. The van der Waals surface area contributed by atoms with Gasteiger partial charge in [0.1, 0.15) is 11.7 Å². The lowest BCUT2D eigenvalue weighted by Crippen LogP contribution is -2.38. The van der Waals surface area contributed by atoms with E-state index >= 15 is 0 Å². The molecule has 1 aromatic heterocycles. The zero-order valence-electron chi connectivity index (χ0n) is 18.2. The number of rotatable bonds is 5. The molecular weight excluding hydrogens is 594 g/mol. The molecule has 1 atom stereocenters. The first-order valence-electron chi connectivity index (χ1n) is 9.82. The van der Waals surface area contributed by atoms with E-state index in [0.29, 0.717) is 16.8 Å². The molecule has 0 saturated carbocycles. The van der Waals surface area contributed by atoms with Crippen molar-refractivity contribution in [3.8, 4) is 0 Å². The summed E-state index contributed by atoms with van der Waals surface area (Å²) >= 11 is 18.2. The molecule has 0 saturated heterocycles. The summed E-state index contributed by atoms with van der Waals surface area (Å²) < 4.78 is 97.6. The Balaban J connectivity index is 2.08. The van der Waals surface area contributed by atoms with Gasteiger partial charge >= 0.3 is 12.4 Å². The van der Waals surface area contributed by atoms with E-state index in [2.05, 4.69) is 4.98 Å². The Labute approximate surface area is 224 Å². The topological polar surface area (TPSA) is 59.2 Å². The van der Waals surface area contributed by atoms with E-state index < -0.39 is 52.3 Å². The Bertz CT molecular complexity index is 1350. The number of anilines is 1. The van der Waals surface area contributed by atoms with Gasteiger partial charge in [-0.1, -0.05) is 40.9 Å². The average molecular weight is 607 g/mol. The van der Waals surface area contributed by atoms with Crippen molar-refractivity contribution in [2.24, 2.45) is 5.84 Å². The zero-order valence-corrected chi connectivity index (χ0v) is 21.3. The zero-order chi connectivity index (χ0) is 27.9. The van der Waals surface area contributed by atoms with E-state index in [1.807, 2.05) is 0 Å². The molecule has 2 aromatic carbocycles. The summed E-state index contributed by atoms with van der Waals surface area (Å²) in [5.74, 6) is 0.0406. The van der Waals surface area contributed by atoms with Crippen LogP contribution >= 0.6 is 46.1 Å². The van der Waals surface area contributed by atoms with E-state index in [0.717, 1.165) is 29.5 Å². The Hall–Kier alpha value is -2.38. The van der Waals surface area contributed by atoms with E-state index in [1.165, 1.54) is 5.38 Å². The number of alkyl halides is 6. The molecule has 3 rings (SSSR count). The third-order valence-electron chi connectivity index (χ3n) is 4.89. The van der Waals surface area contributed by atoms with Gasteiger partial charge < -0.3 is 0 Å². The van der Waals surface area contributed by atoms with Gasteiger partial charge in [0.25, 0.3) is 5.91 Å². The molecule has 0 fully saturated rings. The van der Waals surface area contributed by atoms with Crippen LogP contribution < -0.4 is 10.9 Å². The molecule has 0 radical (unpaired) electrons. The van der Waals surface area contributed by atoms with Crippen LogP contribution in [0.1, 0.15) is 38.7 Å². The van der Waals surface area contributed by atoms with Gasteiger partial charge in [0.2, 0.25) is 5.13 Å². The maximum Gasteiger partial charge on any atom is 0.417 e. The van der Waals surface area contributed by atoms with Crippen LogP contribution in [-0.2, 0) is 6.18 Å². The van der Waals surface area contributed by atoms with Gasteiger partial charge in [0, 0.05) is 10.9 Å². The second-order valence-corrected chi connectivity index (χ2v) is 9.57. The molecule has 2 N–H and O–H groups in total. The number of hydrazine groups is 1. The number of benzene rings is 2. The average Bonchev–Trinajstić information content (AvgIpc) is 3.24. The summed E-state index contributed by atoms with van der Waals surface area (Å²) in [6.07, 6.45) is -10.2. The maximum atomic E-state index is 15.0. The van der Waals surface area contributed by atoms with Crippen molar-refractivity contribution >= 4 is 63.0 Å². The van der Waals surface area contributed by atoms with Gasteiger partial charge in [-0.25, -0.2) is 20.2 Å². The van der Waals surface area contributed by atoms with Crippen LogP contribution in [0.4, 0.5) is 35.9 Å². The van der Waals surface area contributed by atoms with Crippen LogP contribution in [0, 0.1) is 6.92 Å². The number of amides is 1. The number of nitrogens with zero attached hydrogens (tertiary/aromatic N) is 2. The van der Waals surface area contributed by atoms with Gasteiger partial charge in [-0.2, -0.15) is 26.3 Å². The molecule has 198 valence electrons. The molecular formula is C22H13Cl3F7N3OS. The normalized spacial score (nSPS) is 13.6. The fourth-order valence-electron chi connectivity index (χ4n) is 3.16. The molecule has 0 aliphatic rings. The third kappa shape index (κ3) is 6.55. The first-order chi connectivity index (χ1) is 17.0. The van der Waals surface area contributed by atoms with Crippen LogP contribution in [0.15, 0.2) is 41.8 Å². The monoisotopic (exact) mass is 605 g/mol. The lowest BCUT2D eigenvalue weighted by atomic mass is 9.95. The molecule has 4 nitrogen and oxygen atoms in total. The standard InChI is InChI=1S/C22H13Cl3F7N3OS/c1-9-8-37-20(34-9)35(33)19(36)12-3-2-10(4-14(12)22(30,31)32)17(26)7-13(21(27,28)29)11-5-15(23)18(25)16(24)6-11/h2-8,13H,33H2,1H3/b17-7-. The fraction of sp³-hybridized carbons (Fsp3) is 0.182. The van der Waals surface area contributed by atoms with Crippen LogP contribution in [0.2, 0.25) is 15.1 Å². The highest BCUT2D eigenvalue weighted by molar-refractivity contribution is 7.14. The molecule has 0 aliphatic carbocycles. The van der Waals surface area contributed by atoms with Crippen molar-refractivity contribution in [2.75, 3.05) is 5.01 Å². The molecule has 1 unspecified atom stereocenters. The molecule has 0 aliphatic heterocycles. The number of carbonyl (C=O) groups is 1. The van der Waals surface area contributed by atoms with E-state index in [1.54, 1.807) is 6.92 Å². The Kier molecular flexibility index (Phi) is 8.50. The van der Waals surface area contributed by atoms with Crippen LogP contribution in [0.25, 0.3) is 5.83 Å². The van der Waals surface area contributed by atoms with Crippen molar-refractivity contribution in [2.45, 2.75) is 25.2 Å². The lowest BCUT2D eigenvalue weighted by molar-refractivity contribution is -0.140. The van der Waals surface area contributed by atoms with E-state index in [-0.39, 0.29) is 32.3 Å². The largest absolute Gasteiger partial charge is 0.417 e. The molecule has 37 heavy (non-hydrogen) atoms. The second-order valence-electron chi connectivity index (χ2n) is 7.54. The molecule has 3 aromatic rings. The van der Waals surface area contributed by atoms with E-state index in [4.69, 9.17) is 40.6 Å². The minimum Gasteiger partial charge on any atom is -0.267 e. The van der Waals surface area contributed by atoms with Crippen molar-refractivity contribution in [3.63, 3.8) is 0 Å². The molecule has 0 bridgehead atoms. The van der Waals surface area contributed by atoms with Crippen molar-refractivity contribution in [1.29, 1.82) is 0 Å². The Morgan fingerprint density at radius 1 is 1.08 bits per heavy atom. The smallest absolute Gasteiger partial charge is 0.267 e. The SMILES string of the molecule is Cc1csc(N(N)C(=O)c2ccc(/C(F)=C/C(c3cc(Cl)c(Cl)c(Cl)c3)C(F)(F)F)cc2C(F)(F)F)n1. The fourth-order valence-corrected chi connectivity index (χ4v) is 4.49. The summed E-state index contributed by atoms with van der Waals surface area (Å²) in [5.41, 5.74) is -3.56. The van der Waals surface area contributed by atoms with Crippen LogP contribution in [0.5, 0.6) is 0 Å². The highest BCUT2D eigenvalue weighted by Crippen LogP contribution is 2.43. The van der Waals surface area contributed by atoms with Crippen LogP contribution in [-0.4, -0.2) is 17.1 Å². The number of thiazole rings is 1. The van der Waals surface area contributed by atoms with Crippen molar-refractivity contribution in [3.05, 3.63) is 84.8 Å². The molecule has 0 spiro atoms. The quantitative estimate of drug-likeness (QED) is 0.104. The molecule has 15 heteroatoms. The summed E-state index contributed by atoms with van der Waals surface area (Å²) in [6, 6.07) is 3.19. The van der Waals surface area contributed by atoms with Crippen molar-refractivity contribution < 1.29 is 35.5 Å². The van der Waals surface area contributed by atoms with Gasteiger partial charge in [0.15, 0.2) is 0 Å². The third-order valence-corrected chi connectivity index (χ3v) is 7.05. The van der Waals surface area contributed by atoms with Gasteiger partial charge in [-0.05, 0) is 42.8 Å². The van der Waals surface area contributed by atoms with Gasteiger partial charge in [-0.3, -0.25) is 4.79 Å². The number of carbonyl (C=O) groups excluding carboxylic acids is 1. The molecule has 1 amide bonds. The maximum absolute atomic E-state index is 15.0. The number of nitrogens with two attached hydrogens (primary N) is 1. The van der Waals surface area contributed by atoms with Gasteiger partial charge in [0.05, 0.1) is 31.9 Å². The number of hydrogen-bond donors (Lipinski definition) is 1.